The number of carbonyl (C=O) groups is 1. The van der Waals surface area contributed by atoms with Gasteiger partial charge in [-0.3, -0.25) is 9.59 Å². The van der Waals surface area contributed by atoms with E-state index in [0.717, 1.165) is 6.42 Å². The third kappa shape index (κ3) is 5.05. The van der Waals surface area contributed by atoms with Crippen molar-refractivity contribution in [2.24, 2.45) is 5.41 Å². The van der Waals surface area contributed by atoms with E-state index < -0.39 is 0 Å². The second-order valence-electron chi connectivity index (χ2n) is 6.82. The summed E-state index contributed by atoms with van der Waals surface area (Å²) in [4.78, 5) is 31.2. The lowest BCUT2D eigenvalue weighted by atomic mass is 9.89. The third-order valence-corrected chi connectivity index (χ3v) is 3.94. The molecule has 2 rings (SSSR count). The monoisotopic (exact) mass is 327 g/mol. The van der Waals surface area contributed by atoms with E-state index in [2.05, 4.69) is 35.7 Å². The molecule has 0 aliphatic carbocycles. The molecule has 1 amide bonds. The fraction of sp³-hybridized carbons (Fsp3) is 0.421. The standard InChI is InChI=1S/C19H25N3O2/c1-4-12-19(2,3)13-20-17(23)11-7-10-16-21-15-9-6-5-8-14(15)18(24)22-16/h4-6,8-9H,1,7,10-13H2,2-3H3,(H,20,23)(H,21,22,24). The average molecular weight is 327 g/mol. The fourth-order valence-electron chi connectivity index (χ4n) is 2.56. The zero-order valence-electron chi connectivity index (χ0n) is 14.4. The number of amides is 1. The van der Waals surface area contributed by atoms with Crippen LogP contribution >= 0.6 is 0 Å². The van der Waals surface area contributed by atoms with Gasteiger partial charge in [0, 0.05) is 19.4 Å². The van der Waals surface area contributed by atoms with E-state index in [4.69, 9.17) is 0 Å². The Morgan fingerprint density at radius 1 is 1.38 bits per heavy atom. The highest BCUT2D eigenvalue weighted by atomic mass is 16.1. The van der Waals surface area contributed by atoms with Gasteiger partial charge in [0.2, 0.25) is 5.91 Å². The first-order valence-corrected chi connectivity index (χ1v) is 8.27. The van der Waals surface area contributed by atoms with Crippen molar-refractivity contribution in [1.29, 1.82) is 0 Å². The molecular weight excluding hydrogens is 302 g/mol. The molecule has 0 saturated heterocycles. The second kappa shape index (κ2) is 7.90. The smallest absolute Gasteiger partial charge is 0.258 e. The number of nitrogens with zero attached hydrogens (tertiary/aromatic N) is 1. The summed E-state index contributed by atoms with van der Waals surface area (Å²) in [6.45, 7) is 8.56. The number of fused-ring (bicyclic) bond motifs is 1. The number of H-pyrrole nitrogens is 1. The van der Waals surface area contributed by atoms with Crippen LogP contribution in [0.15, 0.2) is 41.7 Å². The summed E-state index contributed by atoms with van der Waals surface area (Å²) in [6.07, 6.45) is 4.36. The van der Waals surface area contributed by atoms with Gasteiger partial charge >= 0.3 is 0 Å². The molecule has 24 heavy (non-hydrogen) atoms. The number of rotatable bonds is 8. The maximum absolute atomic E-state index is 12.0. The quantitative estimate of drug-likeness (QED) is 0.732. The van der Waals surface area contributed by atoms with Crippen molar-refractivity contribution in [3.05, 3.63) is 53.1 Å². The van der Waals surface area contributed by atoms with Crippen molar-refractivity contribution in [2.75, 3.05) is 6.54 Å². The number of hydrogen-bond acceptors (Lipinski definition) is 3. The number of aromatic nitrogens is 2. The molecule has 0 saturated carbocycles. The third-order valence-electron chi connectivity index (χ3n) is 3.94. The first-order chi connectivity index (χ1) is 11.4. The second-order valence-corrected chi connectivity index (χ2v) is 6.82. The topological polar surface area (TPSA) is 74.8 Å². The van der Waals surface area contributed by atoms with Gasteiger partial charge in [0.15, 0.2) is 0 Å². The van der Waals surface area contributed by atoms with Crippen LogP contribution in [0.1, 0.15) is 38.9 Å². The number of nitrogens with one attached hydrogen (secondary N) is 2. The van der Waals surface area contributed by atoms with E-state index in [1.165, 1.54) is 0 Å². The Kier molecular flexibility index (Phi) is 5.90. The van der Waals surface area contributed by atoms with Gasteiger partial charge in [-0.05, 0) is 30.4 Å². The van der Waals surface area contributed by atoms with Gasteiger partial charge in [-0.1, -0.05) is 32.1 Å². The van der Waals surface area contributed by atoms with E-state index >= 15 is 0 Å². The maximum Gasteiger partial charge on any atom is 0.258 e. The summed E-state index contributed by atoms with van der Waals surface area (Å²) in [5.74, 6) is 0.647. The molecule has 0 atom stereocenters. The molecule has 128 valence electrons. The molecule has 0 bridgehead atoms. The van der Waals surface area contributed by atoms with E-state index in [9.17, 15) is 9.59 Å². The number of allylic oxidation sites excluding steroid dienone is 1. The van der Waals surface area contributed by atoms with Crippen LogP contribution in [0.4, 0.5) is 0 Å². The van der Waals surface area contributed by atoms with Crippen LogP contribution in [0.5, 0.6) is 0 Å². The molecule has 1 aromatic carbocycles. The highest BCUT2D eigenvalue weighted by molar-refractivity contribution is 5.77. The molecule has 1 aromatic heterocycles. The number of carbonyl (C=O) groups excluding carboxylic acids is 1. The maximum atomic E-state index is 12.0. The van der Waals surface area contributed by atoms with Gasteiger partial charge in [0.25, 0.3) is 5.56 Å². The van der Waals surface area contributed by atoms with Gasteiger partial charge in [-0.15, -0.1) is 6.58 Å². The molecule has 0 radical (unpaired) electrons. The predicted molar refractivity (Wildman–Crippen MR) is 96.9 cm³/mol. The largest absolute Gasteiger partial charge is 0.356 e. The first kappa shape index (κ1) is 17.9. The SMILES string of the molecule is C=CCC(C)(C)CNC(=O)CCCc1nc2ccccc2c(=O)[nH]1. The molecule has 0 spiro atoms. The highest BCUT2D eigenvalue weighted by Crippen LogP contribution is 2.19. The summed E-state index contributed by atoms with van der Waals surface area (Å²) >= 11 is 0. The van der Waals surface area contributed by atoms with Crippen LogP contribution in [0.3, 0.4) is 0 Å². The van der Waals surface area contributed by atoms with Crippen molar-refractivity contribution < 1.29 is 4.79 Å². The summed E-state index contributed by atoms with van der Waals surface area (Å²) in [5.41, 5.74) is 0.570. The lowest BCUT2D eigenvalue weighted by Crippen LogP contribution is -2.33. The zero-order valence-corrected chi connectivity index (χ0v) is 14.4. The number of para-hydroxylation sites is 1. The highest BCUT2D eigenvalue weighted by Gasteiger charge is 2.16. The number of aryl methyl sites for hydroxylation is 1. The lowest BCUT2D eigenvalue weighted by Gasteiger charge is -2.23. The molecule has 2 aromatic rings. The van der Waals surface area contributed by atoms with Crippen LogP contribution in [0.2, 0.25) is 0 Å². The van der Waals surface area contributed by atoms with Crippen molar-refractivity contribution in [2.45, 2.75) is 39.5 Å². The van der Waals surface area contributed by atoms with E-state index in [1.54, 1.807) is 6.07 Å². The van der Waals surface area contributed by atoms with Gasteiger partial charge < -0.3 is 10.3 Å². The van der Waals surface area contributed by atoms with Crippen LogP contribution in [-0.2, 0) is 11.2 Å². The summed E-state index contributed by atoms with van der Waals surface area (Å²) < 4.78 is 0. The minimum atomic E-state index is -0.133. The minimum Gasteiger partial charge on any atom is -0.356 e. The van der Waals surface area contributed by atoms with Crippen LogP contribution in [0, 0.1) is 5.41 Å². The Labute approximate surface area is 142 Å². The zero-order chi connectivity index (χ0) is 17.6. The molecule has 5 nitrogen and oxygen atoms in total. The molecule has 2 N–H and O–H groups in total. The van der Waals surface area contributed by atoms with Crippen molar-refractivity contribution in [3.63, 3.8) is 0 Å². The minimum absolute atomic E-state index is 0.0164. The number of benzene rings is 1. The first-order valence-electron chi connectivity index (χ1n) is 8.27. The number of aromatic amines is 1. The molecule has 5 heteroatoms. The predicted octanol–water partition coefficient (Wildman–Crippen LogP) is 2.96. The summed E-state index contributed by atoms with van der Waals surface area (Å²) in [5, 5.41) is 3.54. The lowest BCUT2D eigenvalue weighted by molar-refractivity contribution is -0.121. The van der Waals surface area contributed by atoms with E-state index in [1.807, 2.05) is 24.3 Å². The van der Waals surface area contributed by atoms with Gasteiger partial charge in [0.05, 0.1) is 10.9 Å². The summed E-state index contributed by atoms with van der Waals surface area (Å²) in [6, 6.07) is 7.25. The van der Waals surface area contributed by atoms with Crippen molar-refractivity contribution in [3.8, 4) is 0 Å². The van der Waals surface area contributed by atoms with E-state index in [0.29, 0.717) is 42.5 Å². The Morgan fingerprint density at radius 3 is 2.88 bits per heavy atom. The van der Waals surface area contributed by atoms with Crippen LogP contribution in [0.25, 0.3) is 10.9 Å². The molecule has 0 aliphatic heterocycles. The molecule has 0 fully saturated rings. The van der Waals surface area contributed by atoms with E-state index in [-0.39, 0.29) is 16.9 Å². The molecule has 0 unspecified atom stereocenters. The van der Waals surface area contributed by atoms with Gasteiger partial charge in [-0.2, -0.15) is 0 Å². The number of hydrogen-bond donors (Lipinski definition) is 2. The Hall–Kier alpha value is -2.43. The Morgan fingerprint density at radius 2 is 2.12 bits per heavy atom. The summed E-state index contributed by atoms with van der Waals surface area (Å²) in [7, 11) is 0. The average Bonchev–Trinajstić information content (AvgIpc) is 2.53. The normalized spacial score (nSPS) is 11.4. The van der Waals surface area contributed by atoms with Crippen molar-refractivity contribution >= 4 is 16.8 Å². The molecular formula is C19H25N3O2. The fourth-order valence-corrected chi connectivity index (χ4v) is 2.56. The molecule has 0 aliphatic rings. The van der Waals surface area contributed by atoms with Crippen molar-refractivity contribution in [1.82, 2.24) is 15.3 Å². The Balaban J connectivity index is 1.85. The Bertz CT molecular complexity index is 778. The molecule has 1 heterocycles. The van der Waals surface area contributed by atoms with Gasteiger partial charge in [-0.25, -0.2) is 4.98 Å². The van der Waals surface area contributed by atoms with Gasteiger partial charge in [0.1, 0.15) is 5.82 Å². The van der Waals surface area contributed by atoms with Crippen LogP contribution < -0.4 is 10.9 Å². The van der Waals surface area contributed by atoms with Crippen LogP contribution in [-0.4, -0.2) is 22.4 Å².